The predicted molar refractivity (Wildman–Crippen MR) is 77.0 cm³/mol. The van der Waals surface area contributed by atoms with Crippen molar-refractivity contribution >= 4 is 17.6 Å². The summed E-state index contributed by atoms with van der Waals surface area (Å²) in [6.45, 7) is 1.90. The number of benzene rings is 1. The maximum atomic E-state index is 11.1. The van der Waals surface area contributed by atoms with Gasteiger partial charge < -0.3 is 5.11 Å². The molecule has 0 bridgehead atoms. The predicted octanol–water partition coefficient (Wildman–Crippen LogP) is 2.73. The van der Waals surface area contributed by atoms with Crippen LogP contribution in [0, 0.1) is 12.8 Å². The Morgan fingerprint density at radius 3 is 2.95 bits per heavy atom. The molecule has 1 fully saturated rings. The Labute approximate surface area is 126 Å². The van der Waals surface area contributed by atoms with E-state index in [0.29, 0.717) is 16.8 Å². The van der Waals surface area contributed by atoms with Gasteiger partial charge in [-0.05, 0) is 47.7 Å². The third kappa shape index (κ3) is 2.76. The molecule has 1 unspecified atom stereocenters. The fourth-order valence-corrected chi connectivity index (χ4v) is 2.73. The van der Waals surface area contributed by atoms with E-state index in [1.807, 2.05) is 25.1 Å². The average Bonchev–Trinajstić information content (AvgIpc) is 3.17. The van der Waals surface area contributed by atoms with Gasteiger partial charge in [-0.3, -0.25) is 4.79 Å². The van der Waals surface area contributed by atoms with Crippen molar-refractivity contribution in [2.75, 3.05) is 0 Å². The molecule has 0 saturated heterocycles. The molecular weight excluding hydrogens is 292 g/mol. The monoisotopic (exact) mass is 306 g/mol. The van der Waals surface area contributed by atoms with E-state index in [1.54, 1.807) is 4.68 Å². The number of carboxylic acids is 1. The molecule has 3 rings (SSSR count). The molecule has 1 aliphatic carbocycles. The SMILES string of the molecule is Cc1c(Cl)cccc1-c1nnnn1C(CC(=O)O)C1CC1. The zero-order valence-electron chi connectivity index (χ0n) is 11.5. The van der Waals surface area contributed by atoms with Gasteiger partial charge in [-0.1, -0.05) is 23.7 Å². The van der Waals surface area contributed by atoms with Crippen LogP contribution in [0.3, 0.4) is 0 Å². The molecule has 1 atom stereocenters. The van der Waals surface area contributed by atoms with Gasteiger partial charge >= 0.3 is 5.97 Å². The van der Waals surface area contributed by atoms with Crippen molar-refractivity contribution in [3.8, 4) is 11.4 Å². The van der Waals surface area contributed by atoms with Crippen molar-refractivity contribution in [3.05, 3.63) is 28.8 Å². The minimum absolute atomic E-state index is 0.0301. The first-order valence-corrected chi connectivity index (χ1v) is 7.21. The molecule has 0 aliphatic heterocycles. The van der Waals surface area contributed by atoms with Gasteiger partial charge in [0.15, 0.2) is 5.82 Å². The summed E-state index contributed by atoms with van der Waals surface area (Å²) in [4.78, 5) is 11.1. The van der Waals surface area contributed by atoms with Gasteiger partial charge in [-0.25, -0.2) is 4.68 Å². The van der Waals surface area contributed by atoms with E-state index in [4.69, 9.17) is 16.7 Å². The lowest BCUT2D eigenvalue weighted by Crippen LogP contribution is -2.18. The molecule has 0 radical (unpaired) electrons. The lowest BCUT2D eigenvalue weighted by molar-refractivity contribution is -0.138. The fourth-order valence-electron chi connectivity index (χ4n) is 2.56. The highest BCUT2D eigenvalue weighted by Gasteiger charge is 2.36. The number of nitrogens with zero attached hydrogens (tertiary/aromatic N) is 4. The summed E-state index contributed by atoms with van der Waals surface area (Å²) in [6, 6.07) is 5.34. The number of tetrazole rings is 1. The second-order valence-corrected chi connectivity index (χ2v) is 5.77. The average molecular weight is 307 g/mol. The van der Waals surface area contributed by atoms with Crippen LogP contribution in [-0.2, 0) is 4.79 Å². The number of halogens is 1. The Morgan fingerprint density at radius 1 is 1.52 bits per heavy atom. The van der Waals surface area contributed by atoms with E-state index in [1.165, 1.54) is 0 Å². The van der Waals surface area contributed by atoms with Crippen molar-refractivity contribution in [3.63, 3.8) is 0 Å². The maximum Gasteiger partial charge on any atom is 0.305 e. The Balaban J connectivity index is 2.03. The molecular formula is C14H15ClN4O2. The minimum Gasteiger partial charge on any atom is -0.481 e. The highest BCUT2D eigenvalue weighted by atomic mass is 35.5. The number of rotatable bonds is 5. The van der Waals surface area contributed by atoms with Gasteiger partial charge in [-0.2, -0.15) is 0 Å². The van der Waals surface area contributed by atoms with E-state index in [9.17, 15) is 4.79 Å². The molecule has 0 spiro atoms. The van der Waals surface area contributed by atoms with E-state index in [-0.39, 0.29) is 12.5 Å². The van der Waals surface area contributed by atoms with E-state index in [2.05, 4.69) is 15.5 Å². The first-order chi connectivity index (χ1) is 10.1. The number of aromatic nitrogens is 4. The van der Waals surface area contributed by atoms with E-state index in [0.717, 1.165) is 24.0 Å². The third-order valence-corrected chi connectivity index (χ3v) is 4.27. The van der Waals surface area contributed by atoms with Crippen LogP contribution in [0.25, 0.3) is 11.4 Å². The second kappa shape index (κ2) is 5.44. The van der Waals surface area contributed by atoms with Crippen molar-refractivity contribution in [1.82, 2.24) is 20.2 Å². The first kappa shape index (κ1) is 14.0. The van der Waals surface area contributed by atoms with E-state index >= 15 is 0 Å². The topological polar surface area (TPSA) is 80.9 Å². The van der Waals surface area contributed by atoms with Gasteiger partial charge in [0.25, 0.3) is 0 Å². The summed E-state index contributed by atoms with van der Waals surface area (Å²) >= 11 is 6.15. The van der Waals surface area contributed by atoms with Crippen LogP contribution in [0.5, 0.6) is 0 Å². The summed E-state index contributed by atoms with van der Waals surface area (Å²) in [6.07, 6.45) is 2.07. The molecule has 1 aromatic carbocycles. The lowest BCUT2D eigenvalue weighted by Gasteiger charge is -2.16. The molecule has 21 heavy (non-hydrogen) atoms. The molecule has 1 N–H and O–H groups in total. The molecule has 7 heteroatoms. The smallest absolute Gasteiger partial charge is 0.305 e. The number of hydrogen-bond acceptors (Lipinski definition) is 4. The highest BCUT2D eigenvalue weighted by molar-refractivity contribution is 6.31. The van der Waals surface area contributed by atoms with Crippen molar-refractivity contribution < 1.29 is 9.90 Å². The summed E-state index contributed by atoms with van der Waals surface area (Å²) in [5.74, 6) is 0.0761. The van der Waals surface area contributed by atoms with Crippen LogP contribution in [0.2, 0.25) is 5.02 Å². The van der Waals surface area contributed by atoms with Crippen LogP contribution >= 0.6 is 11.6 Å². The zero-order valence-corrected chi connectivity index (χ0v) is 12.3. The van der Waals surface area contributed by atoms with Crippen LogP contribution in [0.15, 0.2) is 18.2 Å². The normalized spacial score (nSPS) is 15.9. The summed E-state index contributed by atoms with van der Waals surface area (Å²) in [5, 5.41) is 21.6. The van der Waals surface area contributed by atoms with Gasteiger partial charge in [-0.15, -0.1) is 5.10 Å². The molecule has 110 valence electrons. The number of carbonyl (C=O) groups is 1. The molecule has 2 aromatic rings. The maximum absolute atomic E-state index is 11.1. The van der Waals surface area contributed by atoms with Gasteiger partial charge in [0, 0.05) is 10.6 Å². The van der Waals surface area contributed by atoms with Crippen molar-refractivity contribution in [1.29, 1.82) is 0 Å². The van der Waals surface area contributed by atoms with Gasteiger partial charge in [0.2, 0.25) is 0 Å². The summed E-state index contributed by atoms with van der Waals surface area (Å²) in [5.41, 5.74) is 1.73. The Morgan fingerprint density at radius 2 is 2.29 bits per heavy atom. The largest absolute Gasteiger partial charge is 0.481 e. The van der Waals surface area contributed by atoms with Gasteiger partial charge in [0.05, 0.1) is 12.5 Å². The highest BCUT2D eigenvalue weighted by Crippen LogP contribution is 2.42. The Kier molecular flexibility index (Phi) is 3.63. The van der Waals surface area contributed by atoms with Crippen molar-refractivity contribution in [2.24, 2.45) is 5.92 Å². The number of carboxylic acid groups (broad SMARTS) is 1. The molecule has 1 saturated carbocycles. The first-order valence-electron chi connectivity index (χ1n) is 6.83. The van der Waals surface area contributed by atoms with Gasteiger partial charge in [0.1, 0.15) is 0 Å². The molecule has 6 nitrogen and oxygen atoms in total. The van der Waals surface area contributed by atoms with Crippen molar-refractivity contribution in [2.45, 2.75) is 32.2 Å². The minimum atomic E-state index is -0.837. The molecule has 0 amide bonds. The molecule has 1 aliphatic rings. The molecule has 1 aromatic heterocycles. The fraction of sp³-hybridized carbons (Fsp3) is 0.429. The Hall–Kier alpha value is -1.95. The van der Waals surface area contributed by atoms with Crippen LogP contribution < -0.4 is 0 Å². The van der Waals surface area contributed by atoms with Crippen LogP contribution in [-0.4, -0.2) is 31.3 Å². The quantitative estimate of drug-likeness (QED) is 0.918. The van der Waals surface area contributed by atoms with E-state index < -0.39 is 5.97 Å². The molecule has 1 heterocycles. The zero-order chi connectivity index (χ0) is 15.0. The standard InChI is InChI=1S/C14H15ClN4O2/c1-8-10(3-2-4-11(8)15)14-16-17-18-19(14)12(7-13(20)21)9-5-6-9/h2-4,9,12H,5-7H2,1H3,(H,20,21). The van der Waals surface area contributed by atoms with Crippen LogP contribution in [0.4, 0.5) is 0 Å². The second-order valence-electron chi connectivity index (χ2n) is 5.36. The lowest BCUT2D eigenvalue weighted by atomic mass is 10.1. The summed E-state index contributed by atoms with van der Waals surface area (Å²) in [7, 11) is 0. The summed E-state index contributed by atoms with van der Waals surface area (Å²) < 4.78 is 1.64. The van der Waals surface area contributed by atoms with Crippen LogP contribution in [0.1, 0.15) is 30.9 Å². The third-order valence-electron chi connectivity index (χ3n) is 3.87. The number of hydrogen-bond donors (Lipinski definition) is 1. The number of aliphatic carboxylic acids is 1. The Bertz CT molecular complexity index is 681.